The molecule has 0 aromatic carbocycles. The highest BCUT2D eigenvalue weighted by atomic mass is 16.4. The van der Waals surface area contributed by atoms with E-state index in [0.29, 0.717) is 12.4 Å². The molecule has 0 fully saturated rings. The van der Waals surface area contributed by atoms with Gasteiger partial charge >= 0.3 is 5.97 Å². The summed E-state index contributed by atoms with van der Waals surface area (Å²) < 4.78 is 1.68. The Morgan fingerprint density at radius 3 is 2.83 bits per heavy atom. The Bertz CT molecular complexity index is 576. The number of carboxylic acids is 1. The first-order valence-electron chi connectivity index (χ1n) is 5.78. The average Bonchev–Trinajstić information content (AvgIpc) is 2.78. The number of aliphatic carboxylic acids is 1. The summed E-state index contributed by atoms with van der Waals surface area (Å²) in [4.78, 5) is 17.4. The van der Waals surface area contributed by atoms with Crippen LogP contribution in [0.5, 0.6) is 0 Å². The molecule has 6 heteroatoms. The summed E-state index contributed by atoms with van der Waals surface area (Å²) in [5.41, 5.74) is -0.220. The van der Waals surface area contributed by atoms with E-state index in [-0.39, 0.29) is 0 Å². The predicted molar refractivity (Wildman–Crippen MR) is 67.7 cm³/mol. The van der Waals surface area contributed by atoms with Crippen molar-refractivity contribution < 1.29 is 9.90 Å². The fourth-order valence-electron chi connectivity index (χ4n) is 1.98. The van der Waals surface area contributed by atoms with E-state index in [9.17, 15) is 9.90 Å². The maximum atomic E-state index is 11.4. The molecule has 0 aliphatic carbocycles. The molecule has 0 atom stereocenters. The first-order valence-corrected chi connectivity index (χ1v) is 5.78. The topological polar surface area (TPSA) is 70.7 Å². The largest absolute Gasteiger partial charge is 0.480 e. The van der Waals surface area contributed by atoms with Crippen molar-refractivity contribution in [3.05, 3.63) is 24.7 Å². The summed E-state index contributed by atoms with van der Waals surface area (Å²) in [5.74, 6) is -0.252. The minimum atomic E-state index is -1.02. The number of aromatic nitrogens is 3. The van der Waals surface area contributed by atoms with E-state index in [1.165, 1.54) is 0 Å². The summed E-state index contributed by atoms with van der Waals surface area (Å²) in [6, 6.07) is 1.82. The number of carbonyl (C=O) groups is 1. The summed E-state index contributed by atoms with van der Waals surface area (Å²) in [5, 5.41) is 13.5. The maximum absolute atomic E-state index is 11.4. The lowest BCUT2D eigenvalue weighted by atomic mass is 10.0. The van der Waals surface area contributed by atoms with Crippen LogP contribution in [0, 0.1) is 0 Å². The lowest BCUT2D eigenvalue weighted by Gasteiger charge is -2.35. The molecular formula is C12H16N4O2. The Balaban J connectivity index is 2.57. The Kier molecular flexibility index (Phi) is 2.94. The number of carboxylic acid groups (broad SMARTS) is 1. The SMILES string of the molecule is CCN(c1nccn2nccc12)C(C)(C)C(=O)O. The van der Waals surface area contributed by atoms with Gasteiger partial charge in [-0.2, -0.15) is 5.10 Å². The van der Waals surface area contributed by atoms with Crippen molar-refractivity contribution in [2.45, 2.75) is 26.3 Å². The maximum Gasteiger partial charge on any atom is 0.329 e. The van der Waals surface area contributed by atoms with Crippen LogP contribution in [0.3, 0.4) is 0 Å². The van der Waals surface area contributed by atoms with Crippen LogP contribution >= 0.6 is 0 Å². The first kappa shape index (κ1) is 12.3. The Morgan fingerprint density at radius 2 is 2.22 bits per heavy atom. The van der Waals surface area contributed by atoms with Gasteiger partial charge in [-0.05, 0) is 26.8 Å². The summed E-state index contributed by atoms with van der Waals surface area (Å²) >= 11 is 0. The van der Waals surface area contributed by atoms with Crippen LogP contribution in [-0.2, 0) is 4.79 Å². The Hall–Kier alpha value is -2.11. The molecular weight excluding hydrogens is 232 g/mol. The summed E-state index contributed by atoms with van der Waals surface area (Å²) in [6.45, 7) is 5.80. The quantitative estimate of drug-likeness (QED) is 0.886. The standard InChI is InChI=1S/C12H16N4O2/c1-4-15(12(2,3)11(17)18)10-9-5-6-14-16(9)8-7-13-10/h5-8H,4H2,1-3H3,(H,17,18). The molecule has 2 aromatic heterocycles. The van der Waals surface area contributed by atoms with Crippen LogP contribution in [0.2, 0.25) is 0 Å². The van der Waals surface area contributed by atoms with E-state index in [2.05, 4.69) is 10.1 Å². The molecule has 2 aromatic rings. The van der Waals surface area contributed by atoms with E-state index >= 15 is 0 Å². The second-order valence-electron chi connectivity index (χ2n) is 4.52. The van der Waals surface area contributed by atoms with Gasteiger partial charge in [0.1, 0.15) is 11.1 Å². The lowest BCUT2D eigenvalue weighted by Crippen LogP contribution is -2.50. The minimum absolute atomic E-state index is 0.553. The van der Waals surface area contributed by atoms with Gasteiger partial charge in [0.2, 0.25) is 0 Å². The molecule has 0 aliphatic heterocycles. The highest BCUT2D eigenvalue weighted by Crippen LogP contribution is 2.25. The lowest BCUT2D eigenvalue weighted by molar-refractivity contribution is -0.142. The van der Waals surface area contributed by atoms with Crippen molar-refractivity contribution in [3.8, 4) is 0 Å². The molecule has 0 saturated heterocycles. The van der Waals surface area contributed by atoms with Crippen LogP contribution in [0.1, 0.15) is 20.8 Å². The van der Waals surface area contributed by atoms with Gasteiger partial charge in [-0.1, -0.05) is 0 Å². The molecule has 0 amide bonds. The van der Waals surface area contributed by atoms with Gasteiger partial charge in [-0.25, -0.2) is 14.3 Å². The zero-order chi connectivity index (χ0) is 13.3. The second-order valence-corrected chi connectivity index (χ2v) is 4.52. The van der Waals surface area contributed by atoms with Crippen LogP contribution in [0.4, 0.5) is 5.82 Å². The van der Waals surface area contributed by atoms with E-state index in [1.54, 1.807) is 41.9 Å². The van der Waals surface area contributed by atoms with Gasteiger partial charge in [-0.15, -0.1) is 0 Å². The van der Waals surface area contributed by atoms with Gasteiger partial charge in [0.15, 0.2) is 5.82 Å². The summed E-state index contributed by atoms with van der Waals surface area (Å²) in [7, 11) is 0. The van der Waals surface area contributed by atoms with E-state index in [4.69, 9.17) is 0 Å². The molecule has 96 valence electrons. The van der Waals surface area contributed by atoms with Crippen molar-refractivity contribution in [2.75, 3.05) is 11.4 Å². The third kappa shape index (κ3) is 1.79. The van der Waals surface area contributed by atoms with E-state index in [0.717, 1.165) is 5.52 Å². The van der Waals surface area contributed by atoms with Crippen LogP contribution in [0.15, 0.2) is 24.7 Å². The van der Waals surface area contributed by atoms with Gasteiger partial charge in [0.05, 0.1) is 6.20 Å². The number of anilines is 1. The van der Waals surface area contributed by atoms with Gasteiger partial charge in [-0.3, -0.25) is 0 Å². The highest BCUT2D eigenvalue weighted by molar-refractivity contribution is 5.84. The number of rotatable bonds is 4. The third-order valence-corrected chi connectivity index (χ3v) is 3.07. The zero-order valence-electron chi connectivity index (χ0n) is 10.7. The Labute approximate surface area is 105 Å². The van der Waals surface area contributed by atoms with E-state index in [1.807, 2.05) is 13.0 Å². The molecule has 1 N–H and O–H groups in total. The number of fused-ring (bicyclic) bond motifs is 1. The molecule has 0 aliphatic rings. The Morgan fingerprint density at radius 1 is 1.50 bits per heavy atom. The molecule has 0 spiro atoms. The molecule has 18 heavy (non-hydrogen) atoms. The second kappa shape index (κ2) is 4.29. The number of hydrogen-bond acceptors (Lipinski definition) is 4. The van der Waals surface area contributed by atoms with Gasteiger partial charge < -0.3 is 10.0 Å². The monoisotopic (exact) mass is 248 g/mol. The van der Waals surface area contributed by atoms with Crippen LogP contribution in [0.25, 0.3) is 5.52 Å². The van der Waals surface area contributed by atoms with Crippen molar-refractivity contribution in [1.29, 1.82) is 0 Å². The molecule has 2 heterocycles. The third-order valence-electron chi connectivity index (χ3n) is 3.07. The molecule has 0 radical (unpaired) electrons. The molecule has 0 saturated carbocycles. The fraction of sp³-hybridized carbons (Fsp3) is 0.417. The number of likely N-dealkylation sites (N-methyl/N-ethyl adjacent to an activating group) is 1. The van der Waals surface area contributed by atoms with Gasteiger partial charge in [0.25, 0.3) is 0 Å². The molecule has 0 unspecified atom stereocenters. The highest BCUT2D eigenvalue weighted by Gasteiger charge is 2.35. The van der Waals surface area contributed by atoms with Crippen molar-refractivity contribution in [2.24, 2.45) is 0 Å². The predicted octanol–water partition coefficient (Wildman–Crippen LogP) is 1.42. The van der Waals surface area contributed by atoms with Gasteiger partial charge in [0, 0.05) is 18.9 Å². The molecule has 2 rings (SSSR count). The van der Waals surface area contributed by atoms with Crippen molar-refractivity contribution >= 4 is 17.3 Å². The average molecular weight is 248 g/mol. The minimum Gasteiger partial charge on any atom is -0.480 e. The number of hydrogen-bond donors (Lipinski definition) is 1. The fourth-order valence-corrected chi connectivity index (χ4v) is 1.98. The van der Waals surface area contributed by atoms with Crippen molar-refractivity contribution in [3.63, 3.8) is 0 Å². The first-order chi connectivity index (χ1) is 8.48. The van der Waals surface area contributed by atoms with E-state index < -0.39 is 11.5 Å². The summed E-state index contributed by atoms with van der Waals surface area (Å²) in [6.07, 6.45) is 5.03. The number of nitrogens with zero attached hydrogens (tertiary/aromatic N) is 4. The molecule has 6 nitrogen and oxygen atoms in total. The zero-order valence-corrected chi connectivity index (χ0v) is 10.7. The van der Waals surface area contributed by atoms with Crippen LogP contribution < -0.4 is 4.90 Å². The smallest absolute Gasteiger partial charge is 0.329 e. The normalized spacial score (nSPS) is 11.7. The van der Waals surface area contributed by atoms with Crippen molar-refractivity contribution in [1.82, 2.24) is 14.6 Å². The van der Waals surface area contributed by atoms with Crippen LogP contribution in [-0.4, -0.2) is 37.8 Å². The molecule has 0 bridgehead atoms.